The van der Waals surface area contributed by atoms with Gasteiger partial charge in [-0.3, -0.25) is 0 Å². The molecule has 0 saturated carbocycles. The average Bonchev–Trinajstić information content (AvgIpc) is 2.05. The molecule has 0 aromatic carbocycles. The Labute approximate surface area is 85.3 Å². The van der Waals surface area contributed by atoms with Gasteiger partial charge in [-0.25, -0.2) is 0 Å². The van der Waals surface area contributed by atoms with Crippen LogP contribution in [-0.4, -0.2) is 23.0 Å². The summed E-state index contributed by atoms with van der Waals surface area (Å²) in [6.45, 7) is 0. The zero-order chi connectivity index (χ0) is 8.49. The third-order valence-electron chi connectivity index (χ3n) is 2.15. The minimum atomic E-state index is 1.41. The molecule has 2 heteroatoms. The van der Waals surface area contributed by atoms with Gasteiger partial charge in [0.2, 0.25) is 0 Å². The summed E-state index contributed by atoms with van der Waals surface area (Å²) in [5.74, 6) is 5.63. The van der Waals surface area contributed by atoms with Crippen LogP contribution in [0, 0.1) is 0 Å². The summed E-state index contributed by atoms with van der Waals surface area (Å²) in [5.41, 5.74) is 0. The van der Waals surface area contributed by atoms with E-state index in [0.29, 0.717) is 0 Å². The van der Waals surface area contributed by atoms with Crippen molar-refractivity contribution in [3.8, 4) is 0 Å². The van der Waals surface area contributed by atoms with Crippen molar-refractivity contribution in [2.24, 2.45) is 0 Å². The van der Waals surface area contributed by atoms with Crippen molar-refractivity contribution in [2.45, 2.75) is 38.5 Å². The zero-order valence-electron chi connectivity index (χ0n) is 7.89. The van der Waals surface area contributed by atoms with E-state index < -0.39 is 0 Å². The SMILES string of the molecule is C1CCSCCCCCSCC1. The quantitative estimate of drug-likeness (QED) is 0.588. The summed E-state index contributed by atoms with van der Waals surface area (Å²) in [6, 6.07) is 0. The maximum absolute atomic E-state index is 2.16. The Hall–Kier alpha value is 0.700. The Kier molecular flexibility index (Phi) is 7.46. The van der Waals surface area contributed by atoms with E-state index in [1.54, 1.807) is 0 Å². The third kappa shape index (κ3) is 6.24. The van der Waals surface area contributed by atoms with Crippen LogP contribution in [0.1, 0.15) is 38.5 Å². The number of hydrogen-bond donors (Lipinski definition) is 0. The first-order valence-electron chi connectivity index (χ1n) is 5.15. The van der Waals surface area contributed by atoms with E-state index in [9.17, 15) is 0 Å². The Balaban J connectivity index is 2.00. The van der Waals surface area contributed by atoms with E-state index in [4.69, 9.17) is 0 Å². The van der Waals surface area contributed by atoms with Crippen LogP contribution in [0.4, 0.5) is 0 Å². The lowest BCUT2D eigenvalue weighted by atomic mass is 10.3. The maximum atomic E-state index is 2.16. The molecule has 0 radical (unpaired) electrons. The maximum Gasteiger partial charge on any atom is -0.00675 e. The molecule has 72 valence electrons. The second-order valence-corrected chi connectivity index (χ2v) is 5.80. The Morgan fingerprint density at radius 3 is 1.08 bits per heavy atom. The fourth-order valence-corrected chi connectivity index (χ4v) is 3.42. The summed E-state index contributed by atoms with van der Waals surface area (Å²) in [7, 11) is 0. The minimum Gasteiger partial charge on any atom is -0.162 e. The molecule has 1 aliphatic rings. The van der Waals surface area contributed by atoms with Gasteiger partial charge in [0, 0.05) is 0 Å². The first kappa shape index (κ1) is 10.8. The van der Waals surface area contributed by atoms with Crippen LogP contribution in [0.5, 0.6) is 0 Å². The second kappa shape index (κ2) is 8.31. The lowest BCUT2D eigenvalue weighted by Crippen LogP contribution is -1.91. The van der Waals surface area contributed by atoms with Crippen molar-refractivity contribution in [3.05, 3.63) is 0 Å². The van der Waals surface area contributed by atoms with E-state index >= 15 is 0 Å². The van der Waals surface area contributed by atoms with Gasteiger partial charge in [-0.1, -0.05) is 12.8 Å². The predicted molar refractivity (Wildman–Crippen MR) is 62.4 cm³/mol. The van der Waals surface area contributed by atoms with Crippen LogP contribution < -0.4 is 0 Å². The summed E-state index contributed by atoms with van der Waals surface area (Å²) in [5, 5.41) is 0. The van der Waals surface area contributed by atoms with Gasteiger partial charge < -0.3 is 0 Å². The molecule has 0 aromatic rings. The highest BCUT2D eigenvalue weighted by atomic mass is 32.2. The van der Waals surface area contributed by atoms with Gasteiger partial charge >= 0.3 is 0 Å². The molecular weight excluding hydrogens is 184 g/mol. The molecule has 0 aliphatic carbocycles. The van der Waals surface area contributed by atoms with Gasteiger partial charge in [0.15, 0.2) is 0 Å². The topological polar surface area (TPSA) is 0 Å². The molecule has 0 aromatic heterocycles. The molecule has 0 unspecified atom stereocenters. The molecule has 1 saturated heterocycles. The van der Waals surface area contributed by atoms with E-state index in [1.165, 1.54) is 61.5 Å². The van der Waals surface area contributed by atoms with Gasteiger partial charge in [0.05, 0.1) is 0 Å². The number of hydrogen-bond acceptors (Lipinski definition) is 2. The lowest BCUT2D eigenvalue weighted by Gasteiger charge is -2.05. The smallest absolute Gasteiger partial charge is 0.00675 e. The van der Waals surface area contributed by atoms with Crippen molar-refractivity contribution in [1.29, 1.82) is 0 Å². The molecule has 0 N–H and O–H groups in total. The van der Waals surface area contributed by atoms with Crippen LogP contribution in [-0.2, 0) is 0 Å². The van der Waals surface area contributed by atoms with Gasteiger partial charge in [-0.05, 0) is 48.7 Å². The van der Waals surface area contributed by atoms with E-state index in [1.807, 2.05) is 0 Å². The second-order valence-electron chi connectivity index (χ2n) is 3.35. The molecular formula is C10H20S2. The van der Waals surface area contributed by atoms with E-state index in [2.05, 4.69) is 23.5 Å². The van der Waals surface area contributed by atoms with Crippen LogP contribution >= 0.6 is 23.5 Å². The van der Waals surface area contributed by atoms with Crippen molar-refractivity contribution in [1.82, 2.24) is 0 Å². The number of rotatable bonds is 0. The van der Waals surface area contributed by atoms with Crippen LogP contribution in [0.3, 0.4) is 0 Å². The molecule has 0 atom stereocenters. The summed E-state index contributed by atoms with van der Waals surface area (Å²) in [6.07, 6.45) is 8.72. The Bertz CT molecular complexity index is 50.8. The van der Waals surface area contributed by atoms with E-state index in [0.717, 1.165) is 0 Å². The molecule has 0 bridgehead atoms. The van der Waals surface area contributed by atoms with Crippen LogP contribution in [0.2, 0.25) is 0 Å². The highest BCUT2D eigenvalue weighted by Gasteiger charge is 1.96. The zero-order valence-corrected chi connectivity index (χ0v) is 9.52. The normalized spacial score (nSPS) is 24.0. The Morgan fingerprint density at radius 2 is 0.750 bits per heavy atom. The fraction of sp³-hybridized carbons (Fsp3) is 1.00. The largest absolute Gasteiger partial charge is 0.162 e. The van der Waals surface area contributed by atoms with Crippen molar-refractivity contribution in [2.75, 3.05) is 23.0 Å². The van der Waals surface area contributed by atoms with Gasteiger partial charge in [0.25, 0.3) is 0 Å². The average molecular weight is 204 g/mol. The highest BCUT2D eigenvalue weighted by molar-refractivity contribution is 7.99. The first-order valence-corrected chi connectivity index (χ1v) is 7.46. The monoisotopic (exact) mass is 204 g/mol. The minimum absolute atomic E-state index is 1.41. The molecule has 1 aliphatic heterocycles. The standard InChI is InChI=1S/C10H20S2/c1-3-7-11-9-5-2-6-10-12-8-4-1/h1-10H2. The molecule has 1 rings (SSSR count). The van der Waals surface area contributed by atoms with Crippen molar-refractivity contribution >= 4 is 23.5 Å². The highest BCUT2D eigenvalue weighted by Crippen LogP contribution is 2.15. The molecule has 1 heterocycles. The van der Waals surface area contributed by atoms with Crippen molar-refractivity contribution in [3.63, 3.8) is 0 Å². The third-order valence-corrected chi connectivity index (χ3v) is 4.46. The summed E-state index contributed by atoms with van der Waals surface area (Å²) >= 11 is 4.32. The van der Waals surface area contributed by atoms with Crippen molar-refractivity contribution < 1.29 is 0 Å². The molecule has 1 fully saturated rings. The Morgan fingerprint density at radius 1 is 0.417 bits per heavy atom. The van der Waals surface area contributed by atoms with Crippen LogP contribution in [0.25, 0.3) is 0 Å². The summed E-state index contributed by atoms with van der Waals surface area (Å²) < 4.78 is 0. The van der Waals surface area contributed by atoms with Gasteiger partial charge in [0.1, 0.15) is 0 Å². The number of thioether (sulfide) groups is 2. The first-order chi connectivity index (χ1) is 6.00. The molecule has 12 heavy (non-hydrogen) atoms. The van der Waals surface area contributed by atoms with Gasteiger partial charge in [-0.2, -0.15) is 23.5 Å². The fourth-order valence-electron chi connectivity index (χ4n) is 1.37. The molecule has 0 spiro atoms. The summed E-state index contributed by atoms with van der Waals surface area (Å²) in [4.78, 5) is 0. The predicted octanol–water partition coefficient (Wildman–Crippen LogP) is 3.81. The van der Waals surface area contributed by atoms with Gasteiger partial charge in [-0.15, -0.1) is 0 Å². The van der Waals surface area contributed by atoms with Crippen LogP contribution in [0.15, 0.2) is 0 Å². The van der Waals surface area contributed by atoms with E-state index in [-0.39, 0.29) is 0 Å². The molecule has 0 nitrogen and oxygen atoms in total. The molecule has 0 amide bonds. The lowest BCUT2D eigenvalue weighted by molar-refractivity contribution is 0.764.